The molecule has 2 N–H and O–H groups in total. The van der Waals surface area contributed by atoms with E-state index < -0.39 is 11.7 Å². The normalized spacial score (nSPS) is 10.3. The Morgan fingerprint density at radius 3 is 1.88 bits per heavy atom. The van der Waals surface area contributed by atoms with Gasteiger partial charge in [-0.3, -0.25) is 4.79 Å². The zero-order valence-electron chi connectivity index (χ0n) is 11.7. The van der Waals surface area contributed by atoms with E-state index in [1.54, 1.807) is 20.8 Å². The largest absolute Gasteiger partial charge is 0.469 e. The van der Waals surface area contributed by atoms with Gasteiger partial charge in [-0.2, -0.15) is 0 Å². The molecule has 0 aliphatic rings. The van der Waals surface area contributed by atoms with Crippen LogP contribution in [-0.2, 0) is 14.3 Å². The second-order valence-electron chi connectivity index (χ2n) is 5.04. The molecule has 0 unspecified atom stereocenters. The highest BCUT2D eigenvalue weighted by molar-refractivity contribution is 5.69. The van der Waals surface area contributed by atoms with E-state index in [2.05, 4.69) is 23.3 Å². The molecule has 0 saturated heterocycles. The first-order valence-corrected chi connectivity index (χ1v) is 5.63. The lowest BCUT2D eigenvalue weighted by atomic mass is 10.1. The third-order valence-corrected chi connectivity index (χ3v) is 1.56. The van der Waals surface area contributed by atoms with Crippen molar-refractivity contribution in [3.8, 4) is 0 Å². The summed E-state index contributed by atoms with van der Waals surface area (Å²) in [7, 11) is 1.42. The molecule has 0 heterocycles. The topological polar surface area (TPSA) is 78.6 Å². The summed E-state index contributed by atoms with van der Waals surface area (Å²) in [6.45, 7) is 9.46. The van der Waals surface area contributed by atoms with Crippen LogP contribution in [0.15, 0.2) is 0 Å². The Balaban J connectivity index is 0. The summed E-state index contributed by atoms with van der Waals surface area (Å²) in [5.41, 5.74) is 4.26. The van der Waals surface area contributed by atoms with Crippen molar-refractivity contribution in [3.05, 3.63) is 0 Å². The molecule has 0 rings (SSSR count). The van der Waals surface area contributed by atoms with Gasteiger partial charge in [0.25, 0.3) is 0 Å². The number of methoxy groups -OCH3 is 1. The van der Waals surface area contributed by atoms with Crippen LogP contribution in [0, 0.1) is 5.92 Å². The van der Waals surface area contributed by atoms with Crippen molar-refractivity contribution in [2.75, 3.05) is 7.11 Å². The Hall–Kier alpha value is -1.26. The number of primary amides is 1. The van der Waals surface area contributed by atoms with Gasteiger partial charge in [0.1, 0.15) is 5.60 Å². The molecule has 0 aromatic heterocycles. The van der Waals surface area contributed by atoms with Crippen molar-refractivity contribution in [1.29, 1.82) is 0 Å². The Morgan fingerprint density at radius 2 is 1.71 bits per heavy atom. The van der Waals surface area contributed by atoms with Crippen LogP contribution in [0.1, 0.15) is 47.5 Å². The summed E-state index contributed by atoms with van der Waals surface area (Å²) >= 11 is 0. The van der Waals surface area contributed by atoms with Crippen molar-refractivity contribution < 1.29 is 19.1 Å². The van der Waals surface area contributed by atoms with Crippen molar-refractivity contribution in [2.45, 2.75) is 53.1 Å². The highest BCUT2D eigenvalue weighted by Gasteiger charge is 2.12. The van der Waals surface area contributed by atoms with Crippen LogP contribution in [0.3, 0.4) is 0 Å². The minimum absolute atomic E-state index is 0.108. The van der Waals surface area contributed by atoms with Gasteiger partial charge in [-0.1, -0.05) is 13.8 Å². The van der Waals surface area contributed by atoms with E-state index in [4.69, 9.17) is 5.73 Å². The van der Waals surface area contributed by atoms with Gasteiger partial charge in [-0.15, -0.1) is 0 Å². The molecule has 0 atom stereocenters. The Labute approximate surface area is 104 Å². The zero-order chi connectivity index (χ0) is 14.1. The summed E-state index contributed by atoms with van der Waals surface area (Å²) in [4.78, 5) is 20.5. The standard InChI is InChI=1S/C7H14O2.C5H11NO2/c1-6(2)4-5-7(8)9-3;1-5(2,3)8-4(6)7/h6H,4-5H2,1-3H3;1-3H3,(H2,6,7). The molecule has 5 nitrogen and oxygen atoms in total. The van der Waals surface area contributed by atoms with Gasteiger partial charge in [-0.05, 0) is 33.1 Å². The van der Waals surface area contributed by atoms with Gasteiger partial charge in [-0.25, -0.2) is 4.79 Å². The van der Waals surface area contributed by atoms with Gasteiger partial charge in [0.05, 0.1) is 7.11 Å². The van der Waals surface area contributed by atoms with Crippen molar-refractivity contribution in [2.24, 2.45) is 11.7 Å². The molecule has 0 aromatic rings. The quantitative estimate of drug-likeness (QED) is 0.777. The summed E-state index contributed by atoms with van der Waals surface area (Å²) < 4.78 is 9.04. The maximum atomic E-state index is 10.5. The van der Waals surface area contributed by atoms with Crippen LogP contribution in [0.4, 0.5) is 4.79 Å². The summed E-state index contributed by atoms with van der Waals surface area (Å²) in [6, 6.07) is 0. The van der Waals surface area contributed by atoms with Crippen LogP contribution in [0.2, 0.25) is 0 Å². The van der Waals surface area contributed by atoms with Crippen molar-refractivity contribution >= 4 is 12.1 Å². The molecule has 0 aliphatic heterocycles. The molecule has 102 valence electrons. The first-order valence-electron chi connectivity index (χ1n) is 5.63. The number of ether oxygens (including phenoxy) is 2. The zero-order valence-corrected chi connectivity index (χ0v) is 11.7. The van der Waals surface area contributed by atoms with Gasteiger partial charge in [0.2, 0.25) is 0 Å². The fourth-order valence-corrected chi connectivity index (χ4v) is 0.810. The number of nitrogens with two attached hydrogens (primary N) is 1. The third-order valence-electron chi connectivity index (χ3n) is 1.56. The van der Waals surface area contributed by atoms with Gasteiger partial charge < -0.3 is 15.2 Å². The lowest BCUT2D eigenvalue weighted by molar-refractivity contribution is -0.140. The summed E-state index contributed by atoms with van der Waals surface area (Å²) in [5, 5.41) is 0. The molecule has 0 bridgehead atoms. The van der Waals surface area contributed by atoms with Crippen LogP contribution in [-0.4, -0.2) is 24.8 Å². The van der Waals surface area contributed by atoms with E-state index in [9.17, 15) is 9.59 Å². The number of amides is 1. The van der Waals surface area contributed by atoms with E-state index in [0.29, 0.717) is 12.3 Å². The van der Waals surface area contributed by atoms with Gasteiger partial charge in [0, 0.05) is 6.42 Å². The molecule has 17 heavy (non-hydrogen) atoms. The predicted molar refractivity (Wildman–Crippen MR) is 66.5 cm³/mol. The first kappa shape index (κ1) is 18.1. The van der Waals surface area contributed by atoms with Gasteiger partial charge >= 0.3 is 12.1 Å². The minimum atomic E-state index is -0.725. The molecule has 0 spiro atoms. The van der Waals surface area contributed by atoms with Crippen LogP contribution in [0.5, 0.6) is 0 Å². The van der Waals surface area contributed by atoms with Crippen LogP contribution < -0.4 is 5.73 Å². The molecule has 0 radical (unpaired) electrons. The van der Waals surface area contributed by atoms with Crippen molar-refractivity contribution in [1.82, 2.24) is 0 Å². The highest BCUT2D eigenvalue weighted by atomic mass is 16.6. The molecule has 0 aliphatic carbocycles. The molecule has 0 saturated carbocycles. The second-order valence-corrected chi connectivity index (χ2v) is 5.04. The molecule has 0 aromatic carbocycles. The second kappa shape index (κ2) is 8.84. The smallest absolute Gasteiger partial charge is 0.405 e. The maximum Gasteiger partial charge on any atom is 0.405 e. The molecular formula is C12H25NO4. The number of rotatable bonds is 3. The number of carbonyl (C=O) groups is 2. The van der Waals surface area contributed by atoms with Crippen LogP contribution >= 0.6 is 0 Å². The fraction of sp³-hybridized carbons (Fsp3) is 0.833. The first-order chi connectivity index (χ1) is 7.58. The minimum Gasteiger partial charge on any atom is -0.469 e. The summed E-state index contributed by atoms with van der Waals surface area (Å²) in [6.07, 6.45) is 0.749. The Bertz CT molecular complexity index is 231. The van der Waals surface area contributed by atoms with Crippen molar-refractivity contribution in [3.63, 3.8) is 0 Å². The lowest BCUT2D eigenvalue weighted by Gasteiger charge is -2.16. The van der Waals surface area contributed by atoms with E-state index in [-0.39, 0.29) is 5.97 Å². The molecular weight excluding hydrogens is 222 g/mol. The van der Waals surface area contributed by atoms with Crippen LogP contribution in [0.25, 0.3) is 0 Å². The third kappa shape index (κ3) is 20.7. The SMILES string of the molecule is CC(C)(C)OC(N)=O.COC(=O)CCC(C)C. The Kier molecular flexibility index (Phi) is 9.42. The lowest BCUT2D eigenvalue weighted by Crippen LogP contribution is -2.27. The number of carbonyl (C=O) groups excluding carboxylic acids is 2. The number of hydrogen-bond acceptors (Lipinski definition) is 4. The maximum absolute atomic E-state index is 10.5. The van der Waals surface area contributed by atoms with E-state index in [1.807, 2.05) is 0 Å². The monoisotopic (exact) mass is 247 g/mol. The average molecular weight is 247 g/mol. The predicted octanol–water partition coefficient (Wildman–Crippen LogP) is 2.48. The summed E-state index contributed by atoms with van der Waals surface area (Å²) in [5.74, 6) is 0.479. The average Bonchev–Trinajstić information content (AvgIpc) is 2.10. The number of esters is 1. The molecule has 0 fully saturated rings. The number of hydrogen-bond donors (Lipinski definition) is 1. The van der Waals surface area contributed by atoms with E-state index >= 15 is 0 Å². The van der Waals surface area contributed by atoms with E-state index in [0.717, 1.165) is 6.42 Å². The van der Waals surface area contributed by atoms with Gasteiger partial charge in [0.15, 0.2) is 0 Å². The molecule has 5 heteroatoms. The highest BCUT2D eigenvalue weighted by Crippen LogP contribution is 2.05. The molecule has 1 amide bonds. The fourth-order valence-electron chi connectivity index (χ4n) is 0.810. The van der Waals surface area contributed by atoms with E-state index in [1.165, 1.54) is 7.11 Å². The Morgan fingerprint density at radius 1 is 1.24 bits per heavy atom.